The van der Waals surface area contributed by atoms with Crippen LogP contribution in [0.15, 0.2) is 0 Å². The van der Waals surface area contributed by atoms with Crippen molar-refractivity contribution in [3.63, 3.8) is 0 Å². The van der Waals surface area contributed by atoms with Gasteiger partial charge in [-0.15, -0.1) is 0 Å². The van der Waals surface area contributed by atoms with Crippen molar-refractivity contribution in [1.29, 1.82) is 0 Å². The van der Waals surface area contributed by atoms with Crippen LogP contribution in [0.25, 0.3) is 0 Å². The molecule has 0 unspecified atom stereocenters. The van der Waals surface area contributed by atoms with Gasteiger partial charge in [0.15, 0.2) is 0 Å². The van der Waals surface area contributed by atoms with Crippen LogP contribution >= 0.6 is 0 Å². The van der Waals surface area contributed by atoms with Crippen molar-refractivity contribution in [1.82, 2.24) is 5.32 Å². The maximum absolute atomic E-state index is 10.5. The molecule has 0 aromatic rings. The largest absolute Gasteiger partial charge is 0.273 e. The maximum atomic E-state index is 10.5. The normalized spacial score (nSPS) is 9.50. The van der Waals surface area contributed by atoms with Crippen LogP contribution in [-0.4, -0.2) is 11.9 Å². The van der Waals surface area contributed by atoms with E-state index in [0.717, 1.165) is 0 Å². The Kier molecular flexibility index (Phi) is 3.24. The molecular formula is C6H12NO. The summed E-state index contributed by atoms with van der Waals surface area (Å²) in [5.41, 5.74) is 0. The average Bonchev–Trinajstić information content (AvgIpc) is 1.65. The minimum Gasteiger partial charge on any atom is -0.273 e. The topological polar surface area (TPSA) is 31.2 Å². The Hall–Kier alpha value is -0.530. The van der Waals surface area contributed by atoms with Crippen molar-refractivity contribution in [2.75, 3.05) is 0 Å². The van der Waals surface area contributed by atoms with Gasteiger partial charge < -0.3 is 0 Å². The van der Waals surface area contributed by atoms with Crippen LogP contribution < -0.4 is 5.32 Å². The molecule has 0 saturated heterocycles. The van der Waals surface area contributed by atoms with Crippen molar-refractivity contribution >= 4 is 5.91 Å². The van der Waals surface area contributed by atoms with Gasteiger partial charge in [0.2, 0.25) is 5.91 Å². The van der Waals surface area contributed by atoms with E-state index < -0.39 is 0 Å². The van der Waals surface area contributed by atoms with Gasteiger partial charge in [0.1, 0.15) is 0 Å². The summed E-state index contributed by atoms with van der Waals surface area (Å²) >= 11 is 0. The number of hydrogen-bond donors (Lipinski definition) is 0. The van der Waals surface area contributed by atoms with Crippen LogP contribution in [-0.2, 0) is 4.79 Å². The molecule has 0 atom stereocenters. The monoisotopic (exact) mass is 114 g/mol. The Labute approximate surface area is 50.3 Å². The second-order valence-corrected chi connectivity index (χ2v) is 1.97. The van der Waals surface area contributed by atoms with Crippen molar-refractivity contribution < 1.29 is 4.79 Å². The highest BCUT2D eigenvalue weighted by atomic mass is 16.1. The molecule has 1 amide bonds. The molecule has 0 N–H and O–H groups in total. The van der Waals surface area contributed by atoms with Gasteiger partial charge in [-0.25, -0.2) is 5.32 Å². The Morgan fingerprint density at radius 3 is 2.25 bits per heavy atom. The van der Waals surface area contributed by atoms with E-state index in [4.69, 9.17) is 0 Å². The quantitative estimate of drug-likeness (QED) is 0.525. The van der Waals surface area contributed by atoms with E-state index in [1.165, 1.54) is 0 Å². The Morgan fingerprint density at radius 1 is 1.62 bits per heavy atom. The molecule has 8 heavy (non-hydrogen) atoms. The average molecular weight is 114 g/mol. The van der Waals surface area contributed by atoms with Gasteiger partial charge in [0.25, 0.3) is 0 Å². The lowest BCUT2D eigenvalue weighted by atomic mass is 10.3. The smallest absolute Gasteiger partial charge is 0.241 e. The highest BCUT2D eigenvalue weighted by Gasteiger charge is 1.99. The number of carbonyl (C=O) groups is 1. The number of amides is 1. The maximum Gasteiger partial charge on any atom is 0.241 e. The zero-order chi connectivity index (χ0) is 6.57. The Bertz CT molecular complexity index is 78.6. The van der Waals surface area contributed by atoms with Crippen molar-refractivity contribution in [3.05, 3.63) is 0 Å². The van der Waals surface area contributed by atoms with Gasteiger partial charge in [0, 0.05) is 12.5 Å². The van der Waals surface area contributed by atoms with E-state index in [9.17, 15) is 4.79 Å². The van der Waals surface area contributed by atoms with E-state index in [-0.39, 0.29) is 11.9 Å². The number of hydrogen-bond acceptors (Lipinski definition) is 1. The van der Waals surface area contributed by atoms with Crippen LogP contribution in [0, 0.1) is 0 Å². The first-order valence-corrected chi connectivity index (χ1v) is 2.90. The lowest BCUT2D eigenvalue weighted by Gasteiger charge is -2.00. The van der Waals surface area contributed by atoms with Crippen molar-refractivity contribution in [3.8, 4) is 0 Å². The molecule has 2 nitrogen and oxygen atoms in total. The van der Waals surface area contributed by atoms with Crippen LogP contribution in [0.1, 0.15) is 27.2 Å². The summed E-state index contributed by atoms with van der Waals surface area (Å²) in [6, 6.07) is 0.155. The van der Waals surface area contributed by atoms with Crippen LogP contribution in [0.2, 0.25) is 0 Å². The van der Waals surface area contributed by atoms with Gasteiger partial charge in [-0.2, -0.15) is 0 Å². The number of carbonyl (C=O) groups excluding carboxylic acids is 1. The Morgan fingerprint density at radius 2 is 2.12 bits per heavy atom. The summed E-state index contributed by atoms with van der Waals surface area (Å²) in [7, 11) is 0. The fourth-order valence-electron chi connectivity index (χ4n) is 0.379. The highest BCUT2D eigenvalue weighted by molar-refractivity contribution is 5.75. The molecule has 47 valence electrons. The third kappa shape index (κ3) is 3.65. The fraction of sp³-hybridized carbons (Fsp3) is 0.833. The number of nitrogens with zero attached hydrogens (tertiary/aromatic N) is 1. The molecular weight excluding hydrogens is 102 g/mol. The minimum absolute atomic E-state index is 0.000000000000000444. The summed E-state index contributed by atoms with van der Waals surface area (Å²) in [5, 5.41) is 3.76. The zero-order valence-corrected chi connectivity index (χ0v) is 5.64. The standard InChI is InChI=1S/C6H12NO/c1-4-6(8)7-5(2)3/h5H,4H2,1-3H3. The molecule has 0 rings (SSSR count). The van der Waals surface area contributed by atoms with Crippen LogP contribution in [0.4, 0.5) is 0 Å². The molecule has 0 aromatic carbocycles. The molecule has 0 aromatic heterocycles. The molecule has 0 spiro atoms. The van der Waals surface area contributed by atoms with Crippen LogP contribution in [0.5, 0.6) is 0 Å². The second-order valence-electron chi connectivity index (χ2n) is 1.97. The third-order valence-corrected chi connectivity index (χ3v) is 0.705. The fourth-order valence-corrected chi connectivity index (χ4v) is 0.379. The SMILES string of the molecule is CCC(=O)[N]C(C)C. The highest BCUT2D eigenvalue weighted by Crippen LogP contribution is 1.82. The summed E-state index contributed by atoms with van der Waals surface area (Å²) in [6.07, 6.45) is 0.526. The minimum atomic E-state index is 0.000000000000000444. The molecule has 0 aliphatic heterocycles. The predicted molar refractivity (Wildman–Crippen MR) is 32.6 cm³/mol. The molecule has 0 fully saturated rings. The third-order valence-electron chi connectivity index (χ3n) is 0.705. The van der Waals surface area contributed by atoms with E-state index in [1.54, 1.807) is 0 Å². The lowest BCUT2D eigenvalue weighted by molar-refractivity contribution is -0.121. The van der Waals surface area contributed by atoms with Gasteiger partial charge in [-0.05, 0) is 13.8 Å². The lowest BCUT2D eigenvalue weighted by Crippen LogP contribution is -2.21. The molecule has 0 heterocycles. The zero-order valence-electron chi connectivity index (χ0n) is 5.64. The second kappa shape index (κ2) is 3.47. The summed E-state index contributed by atoms with van der Waals surface area (Å²) in [6.45, 7) is 5.61. The van der Waals surface area contributed by atoms with Gasteiger partial charge in [0.05, 0.1) is 0 Å². The van der Waals surface area contributed by atoms with Crippen molar-refractivity contribution in [2.24, 2.45) is 0 Å². The summed E-state index contributed by atoms with van der Waals surface area (Å²) < 4.78 is 0. The van der Waals surface area contributed by atoms with E-state index in [1.807, 2.05) is 20.8 Å². The van der Waals surface area contributed by atoms with E-state index in [2.05, 4.69) is 5.32 Å². The van der Waals surface area contributed by atoms with Crippen molar-refractivity contribution in [2.45, 2.75) is 33.2 Å². The van der Waals surface area contributed by atoms with Gasteiger partial charge >= 0.3 is 0 Å². The molecule has 2 heteroatoms. The first-order chi connectivity index (χ1) is 3.66. The molecule has 0 aliphatic carbocycles. The first-order valence-electron chi connectivity index (χ1n) is 2.90. The van der Waals surface area contributed by atoms with E-state index >= 15 is 0 Å². The first kappa shape index (κ1) is 7.47. The Balaban J connectivity index is 3.25. The van der Waals surface area contributed by atoms with E-state index in [0.29, 0.717) is 6.42 Å². The molecule has 0 bridgehead atoms. The molecule has 0 saturated carbocycles. The molecule has 0 aliphatic rings. The molecule has 1 radical (unpaired) electrons. The number of rotatable bonds is 2. The summed E-state index contributed by atoms with van der Waals surface area (Å²) in [5.74, 6) is 0.000000000000000444. The van der Waals surface area contributed by atoms with Crippen LogP contribution in [0.3, 0.4) is 0 Å². The van der Waals surface area contributed by atoms with Gasteiger partial charge in [-0.3, -0.25) is 4.79 Å². The summed E-state index contributed by atoms with van der Waals surface area (Å²) in [4.78, 5) is 10.5. The van der Waals surface area contributed by atoms with Gasteiger partial charge in [-0.1, -0.05) is 6.92 Å². The predicted octanol–water partition coefficient (Wildman–Crippen LogP) is 0.936.